The highest BCUT2D eigenvalue weighted by Crippen LogP contribution is 2.35. The number of nitrogens with zero attached hydrogens (tertiary/aromatic N) is 3. The monoisotopic (exact) mass is 591 g/mol. The van der Waals surface area contributed by atoms with Gasteiger partial charge >= 0.3 is 6.09 Å². The Hall–Kier alpha value is -3.92. The van der Waals surface area contributed by atoms with Crippen molar-refractivity contribution in [2.45, 2.75) is 78.6 Å². The predicted octanol–water partition coefficient (Wildman–Crippen LogP) is 4.09. The van der Waals surface area contributed by atoms with Gasteiger partial charge in [0.05, 0.1) is 17.9 Å². The number of carbonyl (C=O) groups is 4. The summed E-state index contributed by atoms with van der Waals surface area (Å²) in [5.74, 6) is -0.996. The Morgan fingerprint density at radius 3 is 2.07 bits per heavy atom. The van der Waals surface area contributed by atoms with E-state index >= 15 is 0 Å². The zero-order chi connectivity index (χ0) is 31.4. The summed E-state index contributed by atoms with van der Waals surface area (Å²) in [6.07, 6.45) is 0.839. The lowest BCUT2D eigenvalue weighted by atomic mass is 9.94. The lowest BCUT2D eigenvalue weighted by molar-refractivity contribution is -0.126. The number of para-hydroxylation sites is 2. The van der Waals surface area contributed by atoms with Crippen molar-refractivity contribution in [2.24, 2.45) is 5.41 Å². The van der Waals surface area contributed by atoms with Gasteiger partial charge in [-0.15, -0.1) is 0 Å². The molecule has 4 rings (SSSR count). The largest absolute Gasteiger partial charge is 0.444 e. The molecule has 232 valence electrons. The number of rotatable bonds is 6. The van der Waals surface area contributed by atoms with E-state index < -0.39 is 29.1 Å². The minimum atomic E-state index is -1.12. The average Bonchev–Trinajstić information content (AvgIpc) is 3.03. The maximum atomic E-state index is 14.0. The van der Waals surface area contributed by atoms with Crippen LogP contribution in [0, 0.1) is 5.41 Å². The predicted molar refractivity (Wildman–Crippen MR) is 167 cm³/mol. The van der Waals surface area contributed by atoms with Crippen molar-refractivity contribution < 1.29 is 23.9 Å². The molecule has 0 spiro atoms. The van der Waals surface area contributed by atoms with E-state index in [4.69, 9.17) is 4.74 Å². The van der Waals surface area contributed by atoms with Gasteiger partial charge < -0.3 is 20.3 Å². The van der Waals surface area contributed by atoms with Gasteiger partial charge in [0.25, 0.3) is 5.91 Å². The molecule has 1 saturated heterocycles. The van der Waals surface area contributed by atoms with Gasteiger partial charge in [-0.1, -0.05) is 63.2 Å². The molecule has 4 amide bonds. The molecule has 10 heteroatoms. The Morgan fingerprint density at radius 1 is 0.860 bits per heavy atom. The Kier molecular flexibility index (Phi) is 9.79. The summed E-state index contributed by atoms with van der Waals surface area (Å²) in [7, 11) is 0. The molecule has 0 aliphatic carbocycles. The number of alkyl carbamates (subject to hydrolysis) is 1. The van der Waals surface area contributed by atoms with Crippen LogP contribution >= 0.6 is 0 Å². The molecule has 2 aliphatic rings. The zero-order valence-corrected chi connectivity index (χ0v) is 26.2. The lowest BCUT2D eigenvalue weighted by Crippen LogP contribution is -2.56. The highest BCUT2D eigenvalue weighted by atomic mass is 16.6. The fourth-order valence-corrected chi connectivity index (χ4v) is 5.40. The van der Waals surface area contributed by atoms with Crippen LogP contribution in [0.4, 0.5) is 16.2 Å². The molecule has 0 aromatic heterocycles. The van der Waals surface area contributed by atoms with E-state index in [0.29, 0.717) is 11.4 Å². The van der Waals surface area contributed by atoms with E-state index in [1.165, 1.54) is 15.4 Å². The number of carbonyl (C=O) groups excluding carboxylic acids is 4. The molecule has 2 aromatic rings. The second-order valence-electron chi connectivity index (χ2n) is 13.4. The zero-order valence-electron chi connectivity index (χ0n) is 26.2. The van der Waals surface area contributed by atoms with Crippen LogP contribution in [-0.2, 0) is 25.7 Å². The van der Waals surface area contributed by atoms with Crippen molar-refractivity contribution in [3.8, 4) is 0 Å². The first-order valence-corrected chi connectivity index (χ1v) is 15.0. The quantitative estimate of drug-likeness (QED) is 0.524. The first-order chi connectivity index (χ1) is 20.2. The van der Waals surface area contributed by atoms with Crippen molar-refractivity contribution in [1.29, 1.82) is 0 Å². The summed E-state index contributed by atoms with van der Waals surface area (Å²) in [5, 5.41) is 5.78. The maximum absolute atomic E-state index is 14.0. The summed E-state index contributed by atoms with van der Waals surface area (Å²) in [5.41, 5.74) is 0.668. The second-order valence-corrected chi connectivity index (χ2v) is 13.4. The third-order valence-electron chi connectivity index (χ3n) is 7.47. The molecule has 1 fully saturated rings. The number of nitrogens with one attached hydrogen (secondary N) is 2. The van der Waals surface area contributed by atoms with Gasteiger partial charge in [-0.05, 0) is 51.3 Å². The molecular weight excluding hydrogens is 546 g/mol. The van der Waals surface area contributed by atoms with Crippen LogP contribution in [0.25, 0.3) is 0 Å². The molecular formula is C33H45N5O5. The van der Waals surface area contributed by atoms with Crippen LogP contribution in [0.2, 0.25) is 0 Å². The average molecular weight is 592 g/mol. The molecule has 2 aliphatic heterocycles. The smallest absolute Gasteiger partial charge is 0.408 e. The van der Waals surface area contributed by atoms with Crippen LogP contribution in [0.15, 0.2) is 54.6 Å². The van der Waals surface area contributed by atoms with E-state index in [0.717, 1.165) is 32.5 Å². The number of anilines is 2. The first-order valence-electron chi connectivity index (χ1n) is 15.0. The van der Waals surface area contributed by atoms with Gasteiger partial charge in [-0.3, -0.25) is 24.2 Å². The van der Waals surface area contributed by atoms with Crippen LogP contribution < -0.4 is 20.4 Å². The second kappa shape index (κ2) is 13.2. The summed E-state index contributed by atoms with van der Waals surface area (Å²) >= 11 is 0. The van der Waals surface area contributed by atoms with Crippen molar-refractivity contribution in [2.75, 3.05) is 36.0 Å². The van der Waals surface area contributed by atoms with Crippen LogP contribution in [0.1, 0.15) is 59.9 Å². The number of piperidine rings is 1. The molecule has 2 aromatic carbocycles. The number of likely N-dealkylation sites (tertiary alicyclic amines) is 1. The third-order valence-corrected chi connectivity index (χ3v) is 7.47. The van der Waals surface area contributed by atoms with Crippen LogP contribution in [-0.4, -0.2) is 72.6 Å². The Balaban J connectivity index is 1.51. The normalized spacial score (nSPS) is 18.5. The number of fused-ring (bicyclic) bond motifs is 1. The first kappa shape index (κ1) is 32.0. The molecule has 0 saturated carbocycles. The van der Waals surface area contributed by atoms with E-state index in [1.807, 2.05) is 18.2 Å². The Labute approximate surface area is 254 Å². The van der Waals surface area contributed by atoms with Crippen LogP contribution in [0.5, 0.6) is 0 Å². The minimum Gasteiger partial charge on any atom is -0.444 e. The van der Waals surface area contributed by atoms with Crippen LogP contribution in [0.3, 0.4) is 0 Å². The third kappa shape index (κ3) is 8.56. The number of benzene rings is 2. The number of hydrogen-bond acceptors (Lipinski definition) is 6. The molecule has 0 radical (unpaired) electrons. The van der Waals surface area contributed by atoms with Crippen molar-refractivity contribution >= 4 is 35.2 Å². The van der Waals surface area contributed by atoms with E-state index in [2.05, 4.69) is 27.7 Å². The molecule has 43 heavy (non-hydrogen) atoms. The molecule has 1 unspecified atom stereocenters. The lowest BCUT2D eigenvalue weighted by Gasteiger charge is -2.33. The van der Waals surface area contributed by atoms with Gasteiger partial charge in [0.1, 0.15) is 18.2 Å². The van der Waals surface area contributed by atoms with Gasteiger partial charge in [-0.2, -0.15) is 0 Å². The SMILES string of the molecule is CC(C)(C)OC(=O)NC1CN(C(=O)C(C)(C)C)c2ccccc2N(CC(=O)NC2CCN(Cc3ccccc3)CC2)C1=O. The standard InChI is InChI=1S/C33H45N5O5/c1-32(2,3)30(41)38-21-25(35-31(42)43-33(4,5)6)29(40)37(26-14-10-11-15-27(26)38)22-28(39)34-24-16-18-36(19-17-24)20-23-12-8-7-9-13-23/h7-15,24-25H,16-22H2,1-6H3,(H,34,39)(H,35,42). The van der Waals surface area contributed by atoms with E-state index in [9.17, 15) is 19.2 Å². The number of hydrogen-bond donors (Lipinski definition) is 2. The maximum Gasteiger partial charge on any atom is 0.408 e. The summed E-state index contributed by atoms with van der Waals surface area (Å²) in [6.45, 7) is 12.9. The topological polar surface area (TPSA) is 111 Å². The number of amides is 4. The molecule has 2 heterocycles. The number of ether oxygens (including phenoxy) is 1. The van der Waals surface area contributed by atoms with Gasteiger partial charge in [0, 0.05) is 31.1 Å². The van der Waals surface area contributed by atoms with Gasteiger partial charge in [-0.25, -0.2) is 4.79 Å². The summed E-state index contributed by atoms with van der Waals surface area (Å²) < 4.78 is 5.43. The molecule has 0 bridgehead atoms. The van der Waals surface area contributed by atoms with E-state index in [-0.39, 0.29) is 30.9 Å². The molecule has 1 atom stereocenters. The minimum absolute atomic E-state index is 0.00787. The summed E-state index contributed by atoms with van der Waals surface area (Å²) in [4.78, 5) is 59.0. The van der Waals surface area contributed by atoms with Crippen molar-refractivity contribution in [1.82, 2.24) is 15.5 Å². The van der Waals surface area contributed by atoms with Gasteiger partial charge in [0.2, 0.25) is 11.8 Å². The Morgan fingerprint density at radius 2 is 1.47 bits per heavy atom. The fraction of sp³-hybridized carbons (Fsp3) is 0.515. The molecule has 2 N–H and O–H groups in total. The highest BCUT2D eigenvalue weighted by molar-refractivity contribution is 6.10. The Bertz CT molecular complexity index is 1310. The van der Waals surface area contributed by atoms with E-state index in [1.54, 1.807) is 65.8 Å². The highest BCUT2D eigenvalue weighted by Gasteiger charge is 2.40. The van der Waals surface area contributed by atoms with Crippen molar-refractivity contribution in [3.05, 3.63) is 60.2 Å². The molecule has 10 nitrogen and oxygen atoms in total. The fourth-order valence-electron chi connectivity index (χ4n) is 5.40. The summed E-state index contributed by atoms with van der Waals surface area (Å²) in [6, 6.07) is 16.2. The van der Waals surface area contributed by atoms with Crippen molar-refractivity contribution in [3.63, 3.8) is 0 Å². The van der Waals surface area contributed by atoms with Gasteiger partial charge in [0.15, 0.2) is 0 Å².